The fourth-order valence-corrected chi connectivity index (χ4v) is 6.51. The highest BCUT2D eigenvalue weighted by Crippen LogP contribution is 2.33. The SMILES string of the molecule is CCN(CC)C1CCC(NC/C=C/C(=O)Nc2ccc(C(=O)Nc3cccc(-c4cc5nc(C)n(C)c5cc4Cl)c3)cc2F)CC1. The second-order valence-electron chi connectivity index (χ2n) is 11.8. The van der Waals surface area contributed by atoms with Crippen LogP contribution in [0.3, 0.4) is 0 Å². The molecule has 5 rings (SSSR count). The van der Waals surface area contributed by atoms with Crippen LogP contribution in [-0.4, -0.2) is 58.0 Å². The van der Waals surface area contributed by atoms with E-state index in [9.17, 15) is 14.0 Å². The van der Waals surface area contributed by atoms with Crippen LogP contribution in [0.25, 0.3) is 22.2 Å². The van der Waals surface area contributed by atoms with Crippen molar-refractivity contribution in [2.24, 2.45) is 7.05 Å². The van der Waals surface area contributed by atoms with Crippen LogP contribution >= 0.6 is 11.6 Å². The molecule has 1 fully saturated rings. The molecule has 0 bridgehead atoms. The molecule has 0 aliphatic heterocycles. The molecule has 1 aromatic heterocycles. The van der Waals surface area contributed by atoms with Crippen molar-refractivity contribution >= 4 is 45.8 Å². The number of nitrogens with one attached hydrogen (secondary N) is 3. The van der Waals surface area contributed by atoms with Gasteiger partial charge in [-0.25, -0.2) is 9.37 Å². The third-order valence-electron chi connectivity index (χ3n) is 8.93. The lowest BCUT2D eigenvalue weighted by Crippen LogP contribution is -2.42. The van der Waals surface area contributed by atoms with Crippen molar-refractivity contribution in [3.05, 3.63) is 89.0 Å². The van der Waals surface area contributed by atoms with Gasteiger partial charge in [0.25, 0.3) is 5.91 Å². The Kier molecular flexibility index (Phi) is 10.9. The Balaban J connectivity index is 1.14. The van der Waals surface area contributed by atoms with E-state index in [1.165, 1.54) is 31.1 Å². The van der Waals surface area contributed by atoms with E-state index < -0.39 is 17.6 Å². The number of hydrogen-bond acceptors (Lipinski definition) is 5. The first-order valence-electron chi connectivity index (χ1n) is 16.0. The van der Waals surface area contributed by atoms with E-state index in [2.05, 4.69) is 39.7 Å². The van der Waals surface area contributed by atoms with Crippen molar-refractivity contribution in [3.8, 4) is 11.1 Å². The summed E-state index contributed by atoms with van der Waals surface area (Å²) in [4.78, 5) is 32.5. The molecule has 3 N–H and O–H groups in total. The smallest absolute Gasteiger partial charge is 0.255 e. The van der Waals surface area contributed by atoms with Gasteiger partial charge < -0.3 is 25.4 Å². The molecule has 10 heteroatoms. The Hall–Kier alpha value is -4.05. The molecule has 1 aliphatic carbocycles. The lowest BCUT2D eigenvalue weighted by atomic mass is 9.90. The first-order valence-corrected chi connectivity index (χ1v) is 16.3. The standard InChI is InChI=1S/C36H42ClFN6O2/c1-5-44(6-2)28-15-13-26(14-16-28)39-18-8-11-35(45)42-32-17-12-25(20-31(32)38)36(46)41-27-10-7-9-24(19-27)29-21-33-34(22-30(29)37)43(4)23(3)40-33/h7-12,17,19-22,26,28,39H,5-6,13-16,18H2,1-4H3,(H,41,46)(H,42,45)/b11-8+. The van der Waals surface area contributed by atoms with E-state index in [-0.39, 0.29) is 11.3 Å². The minimum atomic E-state index is -0.697. The molecule has 0 unspecified atom stereocenters. The number of aromatic nitrogens is 2. The number of halogens is 2. The van der Waals surface area contributed by atoms with Crippen molar-refractivity contribution in [2.45, 2.75) is 58.5 Å². The molecule has 0 saturated heterocycles. The van der Waals surface area contributed by atoms with Gasteiger partial charge in [-0.2, -0.15) is 0 Å². The minimum absolute atomic E-state index is 0.00525. The van der Waals surface area contributed by atoms with Gasteiger partial charge in [0.1, 0.15) is 11.6 Å². The molecule has 0 spiro atoms. The van der Waals surface area contributed by atoms with Crippen molar-refractivity contribution in [2.75, 3.05) is 30.3 Å². The Morgan fingerprint density at radius 2 is 1.80 bits per heavy atom. The Morgan fingerprint density at radius 3 is 2.52 bits per heavy atom. The van der Waals surface area contributed by atoms with E-state index in [1.807, 2.05) is 48.9 Å². The van der Waals surface area contributed by atoms with E-state index in [4.69, 9.17) is 11.6 Å². The summed E-state index contributed by atoms with van der Waals surface area (Å²) in [7, 11) is 1.94. The largest absolute Gasteiger partial charge is 0.331 e. The third kappa shape index (κ3) is 7.84. The highest BCUT2D eigenvalue weighted by molar-refractivity contribution is 6.34. The lowest BCUT2D eigenvalue weighted by Gasteiger charge is -2.36. The molecule has 3 aromatic carbocycles. The topological polar surface area (TPSA) is 91.3 Å². The number of nitrogens with zero attached hydrogens (tertiary/aromatic N) is 3. The van der Waals surface area contributed by atoms with Crippen LogP contribution in [-0.2, 0) is 11.8 Å². The maximum Gasteiger partial charge on any atom is 0.255 e. The zero-order chi connectivity index (χ0) is 32.8. The zero-order valence-corrected chi connectivity index (χ0v) is 27.6. The summed E-state index contributed by atoms with van der Waals surface area (Å²) in [6, 6.07) is 16.2. The summed E-state index contributed by atoms with van der Waals surface area (Å²) < 4.78 is 16.9. The molecule has 2 amide bonds. The van der Waals surface area contributed by atoms with Gasteiger partial charge >= 0.3 is 0 Å². The summed E-state index contributed by atoms with van der Waals surface area (Å²) >= 11 is 6.62. The average Bonchev–Trinajstić information content (AvgIpc) is 3.32. The van der Waals surface area contributed by atoms with Gasteiger partial charge in [0.15, 0.2) is 0 Å². The van der Waals surface area contributed by atoms with Crippen LogP contribution in [0.15, 0.2) is 66.7 Å². The number of amides is 2. The van der Waals surface area contributed by atoms with Crippen molar-refractivity contribution < 1.29 is 14.0 Å². The maximum absolute atomic E-state index is 14.9. The summed E-state index contributed by atoms with van der Waals surface area (Å²) in [5, 5.41) is 9.45. The quantitative estimate of drug-likeness (QED) is 0.149. The number of rotatable bonds is 11. The molecule has 4 aromatic rings. The Morgan fingerprint density at radius 1 is 1.04 bits per heavy atom. The normalized spacial score (nSPS) is 16.8. The van der Waals surface area contributed by atoms with Gasteiger partial charge in [-0.3, -0.25) is 9.59 Å². The number of aryl methyl sites for hydroxylation is 2. The fraction of sp³-hybridized carbons (Fsp3) is 0.361. The van der Waals surface area contributed by atoms with Gasteiger partial charge in [0, 0.05) is 48.6 Å². The first kappa shape index (κ1) is 33.3. The second-order valence-corrected chi connectivity index (χ2v) is 12.2. The van der Waals surface area contributed by atoms with Crippen LogP contribution in [0.4, 0.5) is 15.8 Å². The molecular weight excluding hydrogens is 603 g/mol. The van der Waals surface area contributed by atoms with Crippen LogP contribution in [0.5, 0.6) is 0 Å². The highest BCUT2D eigenvalue weighted by atomic mass is 35.5. The molecule has 0 atom stereocenters. The predicted octanol–water partition coefficient (Wildman–Crippen LogP) is 7.33. The fourth-order valence-electron chi connectivity index (χ4n) is 6.24. The van der Waals surface area contributed by atoms with Crippen LogP contribution in [0.1, 0.15) is 55.7 Å². The lowest BCUT2D eigenvalue weighted by molar-refractivity contribution is -0.111. The number of hydrogen-bond donors (Lipinski definition) is 3. The van der Waals surface area contributed by atoms with Gasteiger partial charge in [0.05, 0.1) is 21.7 Å². The number of carbonyl (C=O) groups is 2. The molecule has 1 heterocycles. The predicted molar refractivity (Wildman–Crippen MR) is 185 cm³/mol. The first-order chi connectivity index (χ1) is 22.2. The number of fused-ring (bicyclic) bond motifs is 1. The van der Waals surface area contributed by atoms with Crippen LogP contribution < -0.4 is 16.0 Å². The van der Waals surface area contributed by atoms with E-state index >= 15 is 0 Å². The second kappa shape index (κ2) is 15.0. The van der Waals surface area contributed by atoms with Crippen LogP contribution in [0, 0.1) is 12.7 Å². The minimum Gasteiger partial charge on any atom is -0.331 e. The molecule has 8 nitrogen and oxygen atoms in total. The van der Waals surface area contributed by atoms with E-state index in [0.29, 0.717) is 29.3 Å². The zero-order valence-electron chi connectivity index (χ0n) is 26.9. The van der Waals surface area contributed by atoms with E-state index in [1.54, 1.807) is 12.1 Å². The Bertz CT molecular complexity index is 1740. The molecular formula is C36H42ClFN6O2. The summed E-state index contributed by atoms with van der Waals surface area (Å²) in [6.07, 6.45) is 7.76. The number of imidazole rings is 1. The highest BCUT2D eigenvalue weighted by Gasteiger charge is 2.23. The maximum atomic E-state index is 14.9. The Labute approximate surface area is 275 Å². The average molecular weight is 645 g/mol. The number of benzene rings is 3. The number of anilines is 2. The summed E-state index contributed by atoms with van der Waals surface area (Å²) in [5.41, 5.74) is 4.02. The monoisotopic (exact) mass is 644 g/mol. The van der Waals surface area contributed by atoms with E-state index in [0.717, 1.165) is 60.0 Å². The van der Waals surface area contributed by atoms with Gasteiger partial charge in [-0.1, -0.05) is 43.7 Å². The molecule has 242 valence electrons. The van der Waals surface area contributed by atoms with Crippen molar-refractivity contribution in [1.29, 1.82) is 0 Å². The molecule has 46 heavy (non-hydrogen) atoms. The number of carbonyl (C=O) groups excluding carboxylic acids is 2. The van der Waals surface area contributed by atoms with Gasteiger partial charge in [-0.05, 0) is 93.7 Å². The van der Waals surface area contributed by atoms with Gasteiger partial charge in [0.2, 0.25) is 5.91 Å². The van der Waals surface area contributed by atoms with Crippen LogP contribution in [0.2, 0.25) is 5.02 Å². The van der Waals surface area contributed by atoms with Crippen molar-refractivity contribution in [3.63, 3.8) is 0 Å². The summed E-state index contributed by atoms with van der Waals surface area (Å²) in [6.45, 7) is 9.10. The molecule has 1 saturated carbocycles. The molecule has 0 radical (unpaired) electrons. The third-order valence-corrected chi connectivity index (χ3v) is 9.25. The molecule has 1 aliphatic rings. The summed E-state index contributed by atoms with van der Waals surface area (Å²) in [5.74, 6) is -0.729. The van der Waals surface area contributed by atoms with Gasteiger partial charge in [-0.15, -0.1) is 0 Å². The van der Waals surface area contributed by atoms with Crippen molar-refractivity contribution in [1.82, 2.24) is 19.8 Å².